The van der Waals surface area contributed by atoms with Crippen molar-refractivity contribution in [2.24, 2.45) is 0 Å². The van der Waals surface area contributed by atoms with Gasteiger partial charge in [0.1, 0.15) is 22.7 Å². The summed E-state index contributed by atoms with van der Waals surface area (Å²) in [5.41, 5.74) is 1.22. The van der Waals surface area contributed by atoms with Gasteiger partial charge in [0.2, 0.25) is 0 Å². The summed E-state index contributed by atoms with van der Waals surface area (Å²) in [5, 5.41) is 3.15. The van der Waals surface area contributed by atoms with Gasteiger partial charge in [-0.05, 0) is 29.1 Å². The normalized spacial score (nSPS) is 10.7. The molecule has 0 unspecified atom stereocenters. The molecule has 3 aromatic rings. The molecule has 20 heavy (non-hydrogen) atoms. The van der Waals surface area contributed by atoms with Crippen LogP contribution in [0.4, 0.5) is 5.82 Å². The van der Waals surface area contributed by atoms with Crippen LogP contribution in [0.15, 0.2) is 42.0 Å². The summed E-state index contributed by atoms with van der Waals surface area (Å²) in [4.78, 5) is 11.8. The minimum atomic E-state index is 0.798. The van der Waals surface area contributed by atoms with Gasteiger partial charge in [0.05, 0.1) is 12.5 Å². The number of hydrogen-bond donors (Lipinski definition) is 0. The van der Waals surface area contributed by atoms with Crippen LogP contribution in [-0.4, -0.2) is 24.1 Å². The van der Waals surface area contributed by atoms with E-state index in [0.717, 1.165) is 28.3 Å². The molecule has 0 fully saturated rings. The molecule has 0 N–H and O–H groups in total. The highest BCUT2D eigenvalue weighted by Crippen LogP contribution is 2.27. The number of rotatable bonds is 4. The number of ether oxygens (including phenoxy) is 1. The quantitative estimate of drug-likeness (QED) is 0.737. The zero-order valence-electron chi connectivity index (χ0n) is 11.4. The van der Waals surface area contributed by atoms with Crippen LogP contribution in [0.1, 0.15) is 5.56 Å². The lowest BCUT2D eigenvalue weighted by atomic mass is 10.2. The van der Waals surface area contributed by atoms with E-state index < -0.39 is 0 Å². The molecule has 0 aliphatic rings. The third-order valence-electron chi connectivity index (χ3n) is 3.18. The van der Waals surface area contributed by atoms with E-state index in [1.807, 2.05) is 24.6 Å². The molecule has 0 spiro atoms. The van der Waals surface area contributed by atoms with Crippen molar-refractivity contribution >= 4 is 27.4 Å². The zero-order chi connectivity index (χ0) is 13.9. The molecule has 5 heteroatoms. The first-order chi connectivity index (χ1) is 9.78. The molecule has 0 saturated carbocycles. The maximum absolute atomic E-state index is 5.17. The Bertz CT molecular complexity index is 708. The van der Waals surface area contributed by atoms with Crippen molar-refractivity contribution in [2.75, 3.05) is 19.1 Å². The molecule has 3 rings (SSSR count). The molecule has 0 atom stereocenters. The number of benzene rings is 1. The molecule has 2 heterocycles. The molecule has 0 saturated heterocycles. The Morgan fingerprint density at radius 2 is 1.95 bits per heavy atom. The fourth-order valence-corrected chi connectivity index (χ4v) is 2.89. The van der Waals surface area contributed by atoms with Crippen LogP contribution in [0.25, 0.3) is 10.2 Å². The first-order valence-electron chi connectivity index (χ1n) is 6.30. The van der Waals surface area contributed by atoms with Crippen LogP contribution in [0.2, 0.25) is 0 Å². The van der Waals surface area contributed by atoms with Gasteiger partial charge in [-0.1, -0.05) is 12.1 Å². The molecule has 0 radical (unpaired) electrons. The first-order valence-corrected chi connectivity index (χ1v) is 7.18. The van der Waals surface area contributed by atoms with Gasteiger partial charge in [-0.2, -0.15) is 0 Å². The van der Waals surface area contributed by atoms with E-state index in [0.29, 0.717) is 0 Å². The minimum absolute atomic E-state index is 0.798. The van der Waals surface area contributed by atoms with Crippen LogP contribution in [0, 0.1) is 0 Å². The Labute approximate surface area is 121 Å². The lowest BCUT2D eigenvalue weighted by Gasteiger charge is -2.19. The number of thiophene rings is 1. The number of aromatic nitrogens is 2. The van der Waals surface area contributed by atoms with Crippen LogP contribution in [0.3, 0.4) is 0 Å². The molecule has 0 aliphatic carbocycles. The van der Waals surface area contributed by atoms with Crippen LogP contribution < -0.4 is 9.64 Å². The average Bonchev–Trinajstić information content (AvgIpc) is 2.96. The summed E-state index contributed by atoms with van der Waals surface area (Å²) in [6.45, 7) is 0.798. The van der Waals surface area contributed by atoms with Gasteiger partial charge in [-0.3, -0.25) is 0 Å². The van der Waals surface area contributed by atoms with E-state index in [1.165, 1.54) is 5.56 Å². The van der Waals surface area contributed by atoms with E-state index in [4.69, 9.17) is 4.74 Å². The van der Waals surface area contributed by atoms with Crippen LogP contribution in [0.5, 0.6) is 5.75 Å². The highest BCUT2D eigenvalue weighted by atomic mass is 32.1. The van der Waals surface area contributed by atoms with E-state index in [-0.39, 0.29) is 0 Å². The van der Waals surface area contributed by atoms with E-state index in [9.17, 15) is 0 Å². The molecular formula is C15H15N3OS. The largest absolute Gasteiger partial charge is 0.497 e. The third-order valence-corrected chi connectivity index (χ3v) is 4.00. The number of anilines is 1. The van der Waals surface area contributed by atoms with Crippen LogP contribution in [-0.2, 0) is 6.54 Å². The maximum Gasteiger partial charge on any atom is 0.140 e. The molecular weight excluding hydrogens is 270 g/mol. The monoisotopic (exact) mass is 285 g/mol. The molecule has 4 nitrogen and oxygen atoms in total. The standard InChI is InChI=1S/C15H15N3OS/c1-18(9-11-3-5-12(19-2)6-4-11)14-13-7-8-20-15(13)17-10-16-14/h3-8,10H,9H2,1-2H3. The molecule has 0 bridgehead atoms. The second kappa shape index (κ2) is 5.46. The van der Waals surface area contributed by atoms with E-state index in [1.54, 1.807) is 24.8 Å². The van der Waals surface area contributed by atoms with Gasteiger partial charge < -0.3 is 9.64 Å². The predicted octanol–water partition coefficient (Wildman–Crippen LogP) is 3.34. The van der Waals surface area contributed by atoms with Gasteiger partial charge in [0.25, 0.3) is 0 Å². The van der Waals surface area contributed by atoms with Crippen molar-refractivity contribution in [3.8, 4) is 5.75 Å². The van der Waals surface area contributed by atoms with Gasteiger partial charge in [-0.15, -0.1) is 11.3 Å². The Morgan fingerprint density at radius 1 is 1.15 bits per heavy atom. The molecule has 1 aromatic carbocycles. The lowest BCUT2D eigenvalue weighted by Crippen LogP contribution is -2.17. The first kappa shape index (κ1) is 12.9. The summed E-state index contributed by atoms with van der Waals surface area (Å²) in [6.07, 6.45) is 1.62. The van der Waals surface area contributed by atoms with Gasteiger partial charge in [0.15, 0.2) is 0 Å². The van der Waals surface area contributed by atoms with Crippen molar-refractivity contribution in [1.82, 2.24) is 9.97 Å². The third kappa shape index (κ3) is 2.44. The van der Waals surface area contributed by atoms with Crippen molar-refractivity contribution in [1.29, 1.82) is 0 Å². The SMILES string of the molecule is COc1ccc(CN(C)c2ncnc3sccc23)cc1. The number of nitrogens with zero attached hydrogens (tertiary/aromatic N) is 3. The van der Waals surface area contributed by atoms with Crippen molar-refractivity contribution in [3.63, 3.8) is 0 Å². The molecule has 102 valence electrons. The summed E-state index contributed by atoms with van der Waals surface area (Å²) < 4.78 is 5.17. The smallest absolute Gasteiger partial charge is 0.140 e. The second-order valence-electron chi connectivity index (χ2n) is 4.54. The lowest BCUT2D eigenvalue weighted by molar-refractivity contribution is 0.414. The van der Waals surface area contributed by atoms with Crippen molar-refractivity contribution in [3.05, 3.63) is 47.6 Å². The topological polar surface area (TPSA) is 38.2 Å². The number of hydrogen-bond acceptors (Lipinski definition) is 5. The number of fused-ring (bicyclic) bond motifs is 1. The molecule has 0 amide bonds. The predicted molar refractivity (Wildman–Crippen MR) is 82.5 cm³/mol. The number of methoxy groups -OCH3 is 1. The minimum Gasteiger partial charge on any atom is -0.497 e. The summed E-state index contributed by atoms with van der Waals surface area (Å²) in [7, 11) is 3.72. The Kier molecular flexibility index (Phi) is 3.52. The van der Waals surface area contributed by atoms with E-state index >= 15 is 0 Å². The fraction of sp³-hybridized carbons (Fsp3) is 0.200. The van der Waals surface area contributed by atoms with Gasteiger partial charge in [-0.25, -0.2) is 9.97 Å². The van der Waals surface area contributed by atoms with Gasteiger partial charge >= 0.3 is 0 Å². The Hall–Kier alpha value is -2.14. The highest BCUT2D eigenvalue weighted by molar-refractivity contribution is 7.16. The van der Waals surface area contributed by atoms with Crippen molar-refractivity contribution < 1.29 is 4.74 Å². The molecule has 0 aliphatic heterocycles. The highest BCUT2D eigenvalue weighted by Gasteiger charge is 2.09. The second-order valence-corrected chi connectivity index (χ2v) is 5.44. The summed E-state index contributed by atoms with van der Waals surface area (Å²) in [6, 6.07) is 10.2. The average molecular weight is 285 g/mol. The van der Waals surface area contributed by atoms with Gasteiger partial charge in [0, 0.05) is 13.6 Å². The molecule has 2 aromatic heterocycles. The maximum atomic E-state index is 5.17. The summed E-state index contributed by atoms with van der Waals surface area (Å²) >= 11 is 1.64. The fourth-order valence-electron chi connectivity index (χ4n) is 2.16. The van der Waals surface area contributed by atoms with Crippen LogP contribution >= 0.6 is 11.3 Å². The van der Waals surface area contributed by atoms with E-state index in [2.05, 4.69) is 33.1 Å². The Morgan fingerprint density at radius 3 is 2.70 bits per heavy atom. The summed E-state index contributed by atoms with van der Waals surface area (Å²) in [5.74, 6) is 1.84. The van der Waals surface area contributed by atoms with Crippen molar-refractivity contribution in [2.45, 2.75) is 6.54 Å². The zero-order valence-corrected chi connectivity index (χ0v) is 12.2. The Balaban J connectivity index is 1.84.